The van der Waals surface area contributed by atoms with Gasteiger partial charge in [0.2, 0.25) is 0 Å². The van der Waals surface area contributed by atoms with E-state index in [2.05, 4.69) is 0 Å². The summed E-state index contributed by atoms with van der Waals surface area (Å²) in [5.41, 5.74) is 6.28. The second-order valence-electron chi connectivity index (χ2n) is 5.83. The lowest BCUT2D eigenvalue weighted by atomic mass is 9.96. The number of benzene rings is 2. The van der Waals surface area contributed by atoms with Crippen molar-refractivity contribution in [3.8, 4) is 11.1 Å². The molecule has 24 heavy (non-hydrogen) atoms. The molecule has 2 aromatic carbocycles. The van der Waals surface area contributed by atoms with Gasteiger partial charge in [-0.3, -0.25) is 0 Å². The third kappa shape index (κ3) is 2.40. The Kier molecular flexibility index (Phi) is 3.97. The van der Waals surface area contributed by atoms with Crippen LogP contribution >= 0.6 is 0 Å². The molecule has 0 radical (unpaired) electrons. The largest absolute Gasteiger partial charge is 0.465 e. The summed E-state index contributed by atoms with van der Waals surface area (Å²) >= 11 is 0. The number of hydrogen-bond acceptors (Lipinski definition) is 4. The summed E-state index contributed by atoms with van der Waals surface area (Å²) in [4.78, 5) is 24.6. The first-order valence-electron chi connectivity index (χ1n) is 7.61. The Labute approximate surface area is 140 Å². The van der Waals surface area contributed by atoms with E-state index < -0.39 is 11.9 Å². The van der Waals surface area contributed by atoms with Gasteiger partial charge in [0, 0.05) is 5.57 Å². The summed E-state index contributed by atoms with van der Waals surface area (Å²) in [6.07, 6.45) is 0. The zero-order valence-corrected chi connectivity index (χ0v) is 14.1. The Bertz CT molecular complexity index is 819. The molecule has 0 aliphatic heterocycles. The van der Waals surface area contributed by atoms with E-state index in [-0.39, 0.29) is 5.57 Å². The summed E-state index contributed by atoms with van der Waals surface area (Å²) in [6, 6.07) is 12.0. The van der Waals surface area contributed by atoms with Gasteiger partial charge >= 0.3 is 11.9 Å². The predicted molar refractivity (Wildman–Crippen MR) is 91.4 cm³/mol. The van der Waals surface area contributed by atoms with Crippen LogP contribution in [0.2, 0.25) is 0 Å². The SMILES string of the molecule is COC(=O)C(C(=O)OC)=C1c2cc(C)ccc2-c2ccc(C)cc21. The van der Waals surface area contributed by atoms with Crippen molar-refractivity contribution >= 4 is 17.5 Å². The molecule has 3 rings (SSSR count). The van der Waals surface area contributed by atoms with E-state index in [4.69, 9.17) is 9.47 Å². The Morgan fingerprint density at radius 2 is 1.12 bits per heavy atom. The van der Waals surface area contributed by atoms with E-state index in [9.17, 15) is 9.59 Å². The summed E-state index contributed by atoms with van der Waals surface area (Å²) in [7, 11) is 2.52. The van der Waals surface area contributed by atoms with E-state index >= 15 is 0 Å². The minimum Gasteiger partial charge on any atom is -0.465 e. The van der Waals surface area contributed by atoms with E-state index in [1.807, 2.05) is 50.2 Å². The van der Waals surface area contributed by atoms with Crippen LogP contribution in [0.5, 0.6) is 0 Å². The average Bonchev–Trinajstić information content (AvgIpc) is 2.87. The number of aryl methyl sites for hydroxylation is 2. The molecular weight excluding hydrogens is 304 g/mol. The van der Waals surface area contributed by atoms with Crippen molar-refractivity contribution in [1.29, 1.82) is 0 Å². The molecule has 4 nitrogen and oxygen atoms in total. The van der Waals surface area contributed by atoms with E-state index in [1.165, 1.54) is 14.2 Å². The average molecular weight is 322 g/mol. The molecule has 4 heteroatoms. The standard InChI is InChI=1S/C20H18O4/c1-11-5-7-13-14-8-6-12(2)10-16(14)17(15(13)9-11)18(19(21)23-3)20(22)24-4/h5-10H,1-4H3. The van der Waals surface area contributed by atoms with Gasteiger partial charge < -0.3 is 9.47 Å². The molecule has 1 aliphatic carbocycles. The monoisotopic (exact) mass is 322 g/mol. The Morgan fingerprint density at radius 3 is 1.50 bits per heavy atom. The number of carbonyl (C=O) groups excluding carboxylic acids is 2. The normalized spacial score (nSPS) is 11.6. The number of fused-ring (bicyclic) bond motifs is 3. The van der Waals surface area contributed by atoms with Crippen LogP contribution < -0.4 is 0 Å². The van der Waals surface area contributed by atoms with Crippen LogP contribution in [0.4, 0.5) is 0 Å². The van der Waals surface area contributed by atoms with Crippen LogP contribution in [0.1, 0.15) is 22.3 Å². The molecule has 0 unspecified atom stereocenters. The highest BCUT2D eigenvalue weighted by molar-refractivity contribution is 6.24. The molecule has 0 spiro atoms. The lowest BCUT2D eigenvalue weighted by Gasteiger charge is -2.10. The van der Waals surface area contributed by atoms with Crippen molar-refractivity contribution in [3.05, 3.63) is 64.2 Å². The zero-order valence-electron chi connectivity index (χ0n) is 14.1. The van der Waals surface area contributed by atoms with E-state index in [0.29, 0.717) is 5.57 Å². The topological polar surface area (TPSA) is 52.6 Å². The molecule has 2 aromatic rings. The van der Waals surface area contributed by atoms with E-state index in [1.54, 1.807) is 0 Å². The van der Waals surface area contributed by atoms with Gasteiger partial charge in [0.05, 0.1) is 14.2 Å². The molecule has 0 saturated carbocycles. The van der Waals surface area contributed by atoms with Crippen molar-refractivity contribution in [2.24, 2.45) is 0 Å². The molecule has 0 N–H and O–H groups in total. The highest BCUT2D eigenvalue weighted by Gasteiger charge is 2.33. The summed E-state index contributed by atoms with van der Waals surface area (Å²) in [6.45, 7) is 3.95. The van der Waals surface area contributed by atoms with Gasteiger partial charge in [-0.1, -0.05) is 47.5 Å². The second-order valence-corrected chi connectivity index (χ2v) is 5.83. The Balaban J connectivity index is 2.44. The molecule has 0 heterocycles. The Morgan fingerprint density at radius 1 is 0.708 bits per heavy atom. The molecule has 0 atom stereocenters. The maximum Gasteiger partial charge on any atom is 0.345 e. The first-order chi connectivity index (χ1) is 11.5. The third-order valence-electron chi connectivity index (χ3n) is 4.21. The molecule has 0 fully saturated rings. The quantitative estimate of drug-likeness (QED) is 0.314. The van der Waals surface area contributed by atoms with Gasteiger partial charge in [-0.2, -0.15) is 0 Å². The van der Waals surface area contributed by atoms with Gasteiger partial charge in [0.25, 0.3) is 0 Å². The predicted octanol–water partition coefficient (Wildman–Crippen LogP) is 3.43. The van der Waals surface area contributed by atoms with Gasteiger partial charge in [0.1, 0.15) is 0 Å². The highest BCUT2D eigenvalue weighted by atomic mass is 16.5. The maximum atomic E-state index is 12.3. The maximum absolute atomic E-state index is 12.3. The van der Waals surface area contributed by atoms with Crippen molar-refractivity contribution in [2.45, 2.75) is 13.8 Å². The van der Waals surface area contributed by atoms with Gasteiger partial charge in [-0.15, -0.1) is 0 Å². The van der Waals surface area contributed by atoms with Crippen LogP contribution in [-0.2, 0) is 19.1 Å². The molecule has 0 aromatic heterocycles. The molecule has 0 bridgehead atoms. The van der Waals surface area contributed by atoms with Crippen LogP contribution in [0.25, 0.3) is 16.7 Å². The molecule has 0 amide bonds. The number of carbonyl (C=O) groups is 2. The number of hydrogen-bond donors (Lipinski definition) is 0. The fraction of sp³-hybridized carbons (Fsp3) is 0.200. The highest BCUT2D eigenvalue weighted by Crippen LogP contribution is 2.46. The number of methoxy groups -OCH3 is 2. The van der Waals surface area contributed by atoms with E-state index in [0.717, 1.165) is 33.4 Å². The number of ether oxygens (including phenoxy) is 2. The lowest BCUT2D eigenvalue weighted by Crippen LogP contribution is -2.18. The van der Waals surface area contributed by atoms with Crippen molar-refractivity contribution in [1.82, 2.24) is 0 Å². The minimum atomic E-state index is -0.696. The van der Waals surface area contributed by atoms with Crippen LogP contribution in [0.15, 0.2) is 42.0 Å². The zero-order chi connectivity index (χ0) is 17.4. The fourth-order valence-electron chi connectivity index (χ4n) is 3.11. The lowest BCUT2D eigenvalue weighted by molar-refractivity contribution is -0.143. The first kappa shape index (κ1) is 16.0. The second kappa shape index (κ2) is 5.96. The van der Waals surface area contributed by atoms with Crippen molar-refractivity contribution in [2.75, 3.05) is 14.2 Å². The third-order valence-corrected chi connectivity index (χ3v) is 4.21. The summed E-state index contributed by atoms with van der Waals surface area (Å²) < 4.78 is 9.68. The summed E-state index contributed by atoms with van der Waals surface area (Å²) in [5, 5.41) is 0. The van der Waals surface area contributed by atoms with Crippen LogP contribution in [0, 0.1) is 13.8 Å². The molecule has 0 saturated heterocycles. The van der Waals surface area contributed by atoms with Crippen molar-refractivity contribution in [3.63, 3.8) is 0 Å². The van der Waals surface area contributed by atoms with Gasteiger partial charge in [-0.05, 0) is 36.1 Å². The summed E-state index contributed by atoms with van der Waals surface area (Å²) in [5.74, 6) is -1.39. The first-order valence-corrected chi connectivity index (χ1v) is 7.61. The van der Waals surface area contributed by atoms with Gasteiger partial charge in [-0.25, -0.2) is 9.59 Å². The molecule has 122 valence electrons. The van der Waals surface area contributed by atoms with Crippen LogP contribution in [-0.4, -0.2) is 26.2 Å². The molecule has 1 aliphatic rings. The smallest absolute Gasteiger partial charge is 0.345 e. The minimum absolute atomic E-state index is 0.0730. The fourth-order valence-corrected chi connectivity index (χ4v) is 3.11. The van der Waals surface area contributed by atoms with Gasteiger partial charge in [0.15, 0.2) is 5.57 Å². The number of esters is 2. The van der Waals surface area contributed by atoms with Crippen LogP contribution in [0.3, 0.4) is 0 Å². The molecular formula is C20H18O4. The van der Waals surface area contributed by atoms with Crippen molar-refractivity contribution < 1.29 is 19.1 Å². The number of rotatable bonds is 2. The Hall–Kier alpha value is -2.88.